The molecule has 0 spiro atoms. The van der Waals surface area contributed by atoms with Crippen molar-refractivity contribution in [1.29, 1.82) is 0 Å². The second kappa shape index (κ2) is 9.39. The molecule has 2 aromatic carbocycles. The zero-order valence-electron chi connectivity index (χ0n) is 19.7. The van der Waals surface area contributed by atoms with Gasteiger partial charge < -0.3 is 10.2 Å². The molecule has 2 aliphatic rings. The third-order valence-electron chi connectivity index (χ3n) is 6.94. The minimum Gasteiger partial charge on any atom is -0.350 e. The molecule has 0 unspecified atom stereocenters. The first kappa shape index (κ1) is 22.3. The second-order valence-corrected chi connectivity index (χ2v) is 9.43. The molecule has 174 valence electrons. The van der Waals surface area contributed by atoms with Crippen LogP contribution in [0.3, 0.4) is 0 Å². The smallest absolute Gasteiger partial charge is 0.259 e. The van der Waals surface area contributed by atoms with Crippen molar-refractivity contribution < 1.29 is 9.59 Å². The van der Waals surface area contributed by atoms with E-state index in [0.29, 0.717) is 24.2 Å². The fraction of sp³-hybridized carbons (Fsp3) is 0.321. The summed E-state index contributed by atoms with van der Waals surface area (Å²) in [5.41, 5.74) is 5.59. The number of hydrogen-bond acceptors (Lipinski definition) is 4. The summed E-state index contributed by atoms with van der Waals surface area (Å²) in [4.78, 5) is 34.8. The lowest BCUT2D eigenvalue weighted by Crippen LogP contribution is -2.45. The summed E-state index contributed by atoms with van der Waals surface area (Å²) < 4.78 is 0. The molecule has 0 aliphatic carbocycles. The predicted octanol–water partition coefficient (Wildman–Crippen LogP) is 4.12. The Balaban J connectivity index is 1.34. The highest BCUT2D eigenvalue weighted by atomic mass is 16.2. The van der Waals surface area contributed by atoms with E-state index in [0.717, 1.165) is 41.8 Å². The van der Waals surface area contributed by atoms with Gasteiger partial charge in [-0.25, -0.2) is 0 Å². The van der Waals surface area contributed by atoms with Gasteiger partial charge in [-0.05, 0) is 62.6 Å². The first-order chi connectivity index (χ1) is 16.5. The molecule has 0 radical (unpaired) electrons. The van der Waals surface area contributed by atoms with Gasteiger partial charge in [0.2, 0.25) is 0 Å². The van der Waals surface area contributed by atoms with Crippen LogP contribution in [0.15, 0.2) is 67.0 Å². The van der Waals surface area contributed by atoms with Crippen LogP contribution in [0.5, 0.6) is 0 Å². The predicted molar refractivity (Wildman–Crippen MR) is 133 cm³/mol. The van der Waals surface area contributed by atoms with Gasteiger partial charge in [-0.15, -0.1) is 0 Å². The van der Waals surface area contributed by atoms with E-state index < -0.39 is 0 Å². The Labute approximate surface area is 200 Å². The van der Waals surface area contributed by atoms with Crippen LogP contribution in [0.25, 0.3) is 0 Å². The van der Waals surface area contributed by atoms with Crippen molar-refractivity contribution in [3.05, 3.63) is 94.8 Å². The van der Waals surface area contributed by atoms with E-state index in [1.807, 2.05) is 55.1 Å². The highest BCUT2D eigenvalue weighted by molar-refractivity contribution is 6.06. The SMILES string of the molecule is Cc1cc(C)cc(C(=O)NC[C@@H]2CC[C@H]3CN(C(=O)c4cccnc4)c4ccccc4CN23)c1. The van der Waals surface area contributed by atoms with Crippen LogP contribution in [-0.4, -0.2) is 46.9 Å². The zero-order chi connectivity index (χ0) is 23.7. The molecule has 1 aromatic heterocycles. The normalized spacial score (nSPS) is 19.8. The van der Waals surface area contributed by atoms with E-state index in [9.17, 15) is 9.59 Å². The number of aromatic nitrogens is 1. The van der Waals surface area contributed by atoms with Crippen LogP contribution < -0.4 is 10.2 Å². The topological polar surface area (TPSA) is 65.5 Å². The number of rotatable bonds is 4. The molecule has 3 heterocycles. The Morgan fingerprint density at radius 1 is 1.00 bits per heavy atom. The quantitative estimate of drug-likeness (QED) is 0.644. The summed E-state index contributed by atoms with van der Waals surface area (Å²) in [5, 5.41) is 3.16. The lowest BCUT2D eigenvalue weighted by atomic mass is 10.1. The van der Waals surface area contributed by atoms with Gasteiger partial charge in [-0.2, -0.15) is 0 Å². The summed E-state index contributed by atoms with van der Waals surface area (Å²) in [6.45, 7) is 6.02. The molecule has 5 rings (SSSR count). The van der Waals surface area contributed by atoms with Gasteiger partial charge in [-0.1, -0.05) is 35.4 Å². The van der Waals surface area contributed by atoms with Crippen LogP contribution in [-0.2, 0) is 6.54 Å². The third kappa shape index (κ3) is 4.46. The minimum atomic E-state index is -0.0288. The Morgan fingerprint density at radius 3 is 2.56 bits per heavy atom. The summed E-state index contributed by atoms with van der Waals surface area (Å²) in [7, 11) is 0. The Hall–Kier alpha value is -3.51. The lowest BCUT2D eigenvalue weighted by Gasteiger charge is -2.29. The fourth-order valence-electron chi connectivity index (χ4n) is 5.36. The van der Waals surface area contributed by atoms with Crippen molar-refractivity contribution in [3.63, 3.8) is 0 Å². The number of hydrogen-bond donors (Lipinski definition) is 1. The van der Waals surface area contributed by atoms with Crippen molar-refractivity contribution in [2.75, 3.05) is 18.0 Å². The summed E-state index contributed by atoms with van der Waals surface area (Å²) in [6.07, 6.45) is 5.31. The van der Waals surface area contributed by atoms with Gasteiger partial charge >= 0.3 is 0 Å². The highest BCUT2D eigenvalue weighted by Gasteiger charge is 2.39. The average Bonchev–Trinajstić information content (AvgIpc) is 3.13. The molecule has 2 amide bonds. The van der Waals surface area contributed by atoms with Crippen molar-refractivity contribution >= 4 is 17.5 Å². The molecular weight excluding hydrogens is 424 g/mol. The number of nitrogens with one attached hydrogen (secondary N) is 1. The van der Waals surface area contributed by atoms with Crippen molar-refractivity contribution in [1.82, 2.24) is 15.2 Å². The summed E-state index contributed by atoms with van der Waals surface area (Å²) in [6, 6.07) is 18.2. The fourth-order valence-corrected chi connectivity index (χ4v) is 5.36. The molecule has 1 saturated heterocycles. The molecule has 0 bridgehead atoms. The number of carbonyl (C=O) groups excluding carboxylic acids is 2. The molecule has 6 nitrogen and oxygen atoms in total. The van der Waals surface area contributed by atoms with E-state index in [2.05, 4.69) is 27.3 Å². The molecule has 0 saturated carbocycles. The maximum absolute atomic E-state index is 13.4. The Morgan fingerprint density at radius 2 is 1.79 bits per heavy atom. The number of para-hydroxylation sites is 1. The molecule has 3 aromatic rings. The molecule has 1 fully saturated rings. The zero-order valence-corrected chi connectivity index (χ0v) is 19.7. The van der Waals surface area contributed by atoms with E-state index in [-0.39, 0.29) is 23.9 Å². The van der Waals surface area contributed by atoms with Crippen molar-refractivity contribution in [2.24, 2.45) is 0 Å². The van der Waals surface area contributed by atoms with Crippen LogP contribution in [0.1, 0.15) is 50.2 Å². The molecule has 34 heavy (non-hydrogen) atoms. The minimum absolute atomic E-state index is 0.0195. The third-order valence-corrected chi connectivity index (χ3v) is 6.94. The van der Waals surface area contributed by atoms with E-state index in [1.54, 1.807) is 18.5 Å². The highest BCUT2D eigenvalue weighted by Crippen LogP contribution is 2.35. The Bertz CT molecular complexity index is 1190. The number of aryl methyl sites for hydroxylation is 2. The van der Waals surface area contributed by atoms with Gasteiger partial charge in [0.15, 0.2) is 0 Å². The van der Waals surface area contributed by atoms with Crippen LogP contribution in [0, 0.1) is 13.8 Å². The molecule has 1 N–H and O–H groups in total. The number of carbonyl (C=O) groups is 2. The molecular formula is C28H30N4O2. The maximum Gasteiger partial charge on any atom is 0.259 e. The van der Waals surface area contributed by atoms with Gasteiger partial charge in [0.05, 0.1) is 5.56 Å². The average molecular weight is 455 g/mol. The summed E-state index contributed by atoms with van der Waals surface area (Å²) >= 11 is 0. The van der Waals surface area contributed by atoms with Gasteiger partial charge in [0.1, 0.15) is 0 Å². The van der Waals surface area contributed by atoms with Gasteiger partial charge in [0, 0.05) is 55.4 Å². The monoisotopic (exact) mass is 454 g/mol. The van der Waals surface area contributed by atoms with Crippen molar-refractivity contribution in [3.8, 4) is 0 Å². The number of fused-ring (bicyclic) bond motifs is 2. The van der Waals surface area contributed by atoms with Crippen LogP contribution in [0.2, 0.25) is 0 Å². The van der Waals surface area contributed by atoms with Crippen molar-refractivity contribution in [2.45, 2.75) is 45.3 Å². The Kier molecular flexibility index (Phi) is 6.16. The maximum atomic E-state index is 13.4. The first-order valence-corrected chi connectivity index (χ1v) is 11.9. The van der Waals surface area contributed by atoms with Crippen LogP contribution >= 0.6 is 0 Å². The number of pyridine rings is 1. The molecule has 6 heteroatoms. The van der Waals surface area contributed by atoms with Gasteiger partial charge in [0.25, 0.3) is 11.8 Å². The standard InChI is InChI=1S/C28H30N4O2/c1-19-12-20(2)14-23(13-19)27(33)30-16-24-9-10-25-18-32(28(34)21-7-5-11-29-15-21)26-8-4-3-6-22(26)17-31(24)25/h3-8,11-15,24-25H,9-10,16-18H2,1-2H3,(H,30,33)/t24-,25-/m0/s1. The number of amides is 2. The van der Waals surface area contributed by atoms with E-state index in [4.69, 9.17) is 0 Å². The lowest BCUT2D eigenvalue weighted by molar-refractivity contribution is 0.0933. The molecule has 2 aliphatic heterocycles. The largest absolute Gasteiger partial charge is 0.350 e. The van der Waals surface area contributed by atoms with Crippen LogP contribution in [0.4, 0.5) is 5.69 Å². The summed E-state index contributed by atoms with van der Waals surface area (Å²) in [5.74, 6) is -0.0483. The number of benzene rings is 2. The number of anilines is 1. The number of nitrogens with zero attached hydrogens (tertiary/aromatic N) is 3. The first-order valence-electron chi connectivity index (χ1n) is 11.9. The van der Waals surface area contributed by atoms with Gasteiger partial charge in [-0.3, -0.25) is 19.5 Å². The van der Waals surface area contributed by atoms with E-state index in [1.165, 1.54) is 0 Å². The second-order valence-electron chi connectivity index (χ2n) is 9.43. The van der Waals surface area contributed by atoms with E-state index >= 15 is 0 Å². The molecule has 2 atom stereocenters.